The Labute approximate surface area is 149 Å². The predicted octanol–water partition coefficient (Wildman–Crippen LogP) is 4.19. The van der Waals surface area contributed by atoms with Crippen molar-refractivity contribution in [3.8, 4) is 0 Å². The number of carboxylic acid groups (broad SMARTS) is 1. The van der Waals surface area contributed by atoms with Crippen molar-refractivity contribution in [3.05, 3.63) is 29.0 Å². The molecule has 1 atom stereocenters. The first-order chi connectivity index (χ1) is 11.6. The fourth-order valence-electron chi connectivity index (χ4n) is 3.17. The van der Waals surface area contributed by atoms with Gasteiger partial charge in [-0.2, -0.15) is 0 Å². The summed E-state index contributed by atoms with van der Waals surface area (Å²) in [4.78, 5) is 11.0. The topological polar surface area (TPSA) is 72.6 Å². The van der Waals surface area contributed by atoms with Gasteiger partial charge in [0.15, 0.2) is 13.9 Å². The van der Waals surface area contributed by atoms with Crippen LogP contribution in [0.15, 0.2) is 16.7 Å². The van der Waals surface area contributed by atoms with Crippen LogP contribution in [0.3, 0.4) is 0 Å². The Morgan fingerprint density at radius 3 is 2.72 bits per heavy atom. The summed E-state index contributed by atoms with van der Waals surface area (Å²) in [6.45, 7) is 12.1. The maximum atomic E-state index is 11.0. The van der Waals surface area contributed by atoms with Crippen LogP contribution < -0.4 is 0 Å². The highest BCUT2D eigenvalue weighted by Crippen LogP contribution is 2.39. The van der Waals surface area contributed by atoms with Gasteiger partial charge < -0.3 is 14.1 Å². The quantitative estimate of drug-likeness (QED) is 0.808. The van der Waals surface area contributed by atoms with Crippen LogP contribution in [0, 0.1) is 5.92 Å². The summed E-state index contributed by atoms with van der Waals surface area (Å²) in [5.41, 5.74) is 3.70. The normalized spacial score (nSPS) is 17.9. The molecule has 1 aliphatic carbocycles. The minimum Gasteiger partial charge on any atom is -0.481 e. The Hall–Kier alpha value is -1.66. The van der Waals surface area contributed by atoms with Crippen molar-refractivity contribution in [3.63, 3.8) is 0 Å². The maximum absolute atomic E-state index is 11.0. The smallest absolute Gasteiger partial charge is 0.309 e. The number of carboxylic acids is 1. The first kappa shape index (κ1) is 18.1. The Morgan fingerprint density at radius 2 is 2.08 bits per heavy atom. The average Bonchev–Trinajstić information content (AvgIpc) is 3.07. The monoisotopic (exact) mass is 361 g/mol. The van der Waals surface area contributed by atoms with Crippen molar-refractivity contribution in [2.24, 2.45) is 5.92 Å². The predicted molar refractivity (Wildman–Crippen MR) is 99.4 cm³/mol. The lowest BCUT2D eigenvalue weighted by Crippen LogP contribution is -2.42. The Bertz CT molecular complexity index is 804. The van der Waals surface area contributed by atoms with Crippen LogP contribution in [0.25, 0.3) is 11.0 Å². The number of aliphatic carboxylic acids is 1. The zero-order valence-electron chi connectivity index (χ0n) is 15.7. The third-order valence-corrected chi connectivity index (χ3v) is 10.2. The molecule has 136 valence electrons. The second-order valence-corrected chi connectivity index (χ2v) is 13.4. The molecule has 1 aromatic carbocycles. The van der Waals surface area contributed by atoms with Crippen LogP contribution in [0.4, 0.5) is 0 Å². The number of nitrogens with zero attached hydrogens (tertiary/aromatic N) is 1. The third-order valence-electron chi connectivity index (χ3n) is 5.72. The molecular formula is C19H27NO4Si. The van der Waals surface area contributed by atoms with E-state index < -0.39 is 14.3 Å². The van der Waals surface area contributed by atoms with Gasteiger partial charge in [0.25, 0.3) is 0 Å². The van der Waals surface area contributed by atoms with Gasteiger partial charge in [-0.3, -0.25) is 4.79 Å². The molecule has 1 heterocycles. The molecule has 0 saturated carbocycles. The molecule has 5 nitrogen and oxygen atoms in total. The number of benzene rings is 1. The molecular weight excluding hydrogens is 334 g/mol. The molecule has 0 fully saturated rings. The van der Waals surface area contributed by atoms with E-state index >= 15 is 0 Å². The number of fused-ring (bicyclic) bond motifs is 3. The molecule has 1 aromatic heterocycles. The number of aromatic nitrogens is 1. The summed E-state index contributed by atoms with van der Waals surface area (Å²) in [5.74, 6) is -0.445. The van der Waals surface area contributed by atoms with E-state index in [1.54, 1.807) is 0 Å². The molecule has 2 aromatic rings. The van der Waals surface area contributed by atoms with Crippen molar-refractivity contribution >= 4 is 25.3 Å². The summed E-state index contributed by atoms with van der Waals surface area (Å²) >= 11 is 0. The standard InChI is InChI=1S/C19H27NO4Si/c1-19(2,3)25(4,5)23-11-12-8-13-6-7-14-16(10-17(21)22)20-24-18(14)15(13)9-12/h6-7,12H,8-11H2,1-5H3,(H,21,22). The zero-order chi connectivity index (χ0) is 18.4. The lowest BCUT2D eigenvalue weighted by Gasteiger charge is -2.37. The molecule has 0 amide bonds. The first-order valence-electron chi connectivity index (χ1n) is 8.83. The van der Waals surface area contributed by atoms with Gasteiger partial charge in [-0.25, -0.2) is 0 Å². The summed E-state index contributed by atoms with van der Waals surface area (Å²) in [7, 11) is -1.74. The molecule has 1 aliphatic rings. The van der Waals surface area contributed by atoms with Crippen molar-refractivity contribution < 1.29 is 18.9 Å². The summed E-state index contributed by atoms with van der Waals surface area (Å²) in [5, 5.41) is 14.0. The van der Waals surface area contributed by atoms with Crippen LogP contribution in [0.5, 0.6) is 0 Å². The second kappa shape index (κ2) is 6.25. The van der Waals surface area contributed by atoms with Crippen LogP contribution >= 0.6 is 0 Å². The molecule has 0 spiro atoms. The van der Waals surface area contributed by atoms with Crippen LogP contribution in [0.2, 0.25) is 18.1 Å². The summed E-state index contributed by atoms with van der Waals surface area (Å²) < 4.78 is 11.9. The van der Waals surface area contributed by atoms with E-state index in [1.165, 1.54) is 11.1 Å². The van der Waals surface area contributed by atoms with E-state index in [2.05, 4.69) is 45.1 Å². The lowest BCUT2D eigenvalue weighted by atomic mass is 10.1. The number of rotatable bonds is 5. The number of carbonyl (C=O) groups is 1. The van der Waals surface area contributed by atoms with Gasteiger partial charge in [-0.05, 0) is 48.5 Å². The van der Waals surface area contributed by atoms with E-state index in [4.69, 9.17) is 14.1 Å². The van der Waals surface area contributed by atoms with E-state index in [0.717, 1.165) is 30.4 Å². The lowest BCUT2D eigenvalue weighted by molar-refractivity contribution is -0.136. The van der Waals surface area contributed by atoms with Gasteiger partial charge in [0.1, 0.15) is 5.69 Å². The van der Waals surface area contributed by atoms with Gasteiger partial charge in [0.2, 0.25) is 0 Å². The maximum Gasteiger partial charge on any atom is 0.309 e. The van der Waals surface area contributed by atoms with E-state index in [9.17, 15) is 4.79 Å². The fraction of sp³-hybridized carbons (Fsp3) is 0.579. The van der Waals surface area contributed by atoms with Crippen LogP contribution in [-0.2, 0) is 28.5 Å². The van der Waals surface area contributed by atoms with Crippen molar-refractivity contribution in [1.82, 2.24) is 5.16 Å². The SMILES string of the molecule is CC(C)(C)[Si](C)(C)OCC1Cc2ccc3c(CC(=O)O)noc3c2C1. The van der Waals surface area contributed by atoms with Gasteiger partial charge >= 0.3 is 5.97 Å². The molecule has 6 heteroatoms. The van der Waals surface area contributed by atoms with Gasteiger partial charge in [-0.1, -0.05) is 32.0 Å². The van der Waals surface area contributed by atoms with E-state index in [-0.39, 0.29) is 11.5 Å². The largest absolute Gasteiger partial charge is 0.481 e. The molecule has 1 unspecified atom stereocenters. The fourth-order valence-corrected chi connectivity index (χ4v) is 4.25. The van der Waals surface area contributed by atoms with Crippen LogP contribution in [0.1, 0.15) is 37.6 Å². The molecule has 3 rings (SSSR count). The number of hydrogen-bond donors (Lipinski definition) is 1. The summed E-state index contributed by atoms with van der Waals surface area (Å²) in [6.07, 6.45) is 1.78. The van der Waals surface area contributed by atoms with Crippen molar-refractivity contribution in [2.45, 2.75) is 58.2 Å². The van der Waals surface area contributed by atoms with E-state index in [0.29, 0.717) is 11.6 Å². The van der Waals surface area contributed by atoms with Gasteiger partial charge in [0.05, 0.1) is 6.42 Å². The van der Waals surface area contributed by atoms with Crippen LogP contribution in [-0.4, -0.2) is 31.2 Å². The Balaban J connectivity index is 1.76. The van der Waals surface area contributed by atoms with Crippen molar-refractivity contribution in [2.75, 3.05) is 6.61 Å². The van der Waals surface area contributed by atoms with Crippen molar-refractivity contribution in [1.29, 1.82) is 0 Å². The first-order valence-corrected chi connectivity index (χ1v) is 11.7. The average molecular weight is 362 g/mol. The highest BCUT2D eigenvalue weighted by atomic mass is 28.4. The summed E-state index contributed by atoms with van der Waals surface area (Å²) in [6, 6.07) is 4.03. The van der Waals surface area contributed by atoms with Gasteiger partial charge in [0, 0.05) is 17.6 Å². The number of hydrogen-bond acceptors (Lipinski definition) is 4. The minimum atomic E-state index is -1.74. The molecule has 0 bridgehead atoms. The molecule has 25 heavy (non-hydrogen) atoms. The molecule has 0 saturated heterocycles. The zero-order valence-corrected chi connectivity index (χ0v) is 16.7. The van der Waals surface area contributed by atoms with Gasteiger partial charge in [-0.15, -0.1) is 0 Å². The Morgan fingerprint density at radius 1 is 1.36 bits per heavy atom. The van der Waals surface area contributed by atoms with E-state index in [1.807, 2.05) is 6.07 Å². The minimum absolute atomic E-state index is 0.107. The Kier molecular flexibility index (Phi) is 4.53. The molecule has 0 radical (unpaired) electrons. The highest BCUT2D eigenvalue weighted by molar-refractivity contribution is 6.74. The molecule has 0 aliphatic heterocycles. The second-order valence-electron chi connectivity index (χ2n) is 8.63. The molecule has 1 N–H and O–H groups in total. The third kappa shape index (κ3) is 3.51. The highest BCUT2D eigenvalue weighted by Gasteiger charge is 2.38.